The predicted octanol–water partition coefficient (Wildman–Crippen LogP) is 0.967. The van der Waals surface area contributed by atoms with Gasteiger partial charge < -0.3 is 5.11 Å². The molecule has 1 aromatic heterocycles. The molecule has 0 aliphatic rings. The lowest BCUT2D eigenvalue weighted by molar-refractivity contribution is 0.111. The third-order valence-corrected chi connectivity index (χ3v) is 3.34. The van der Waals surface area contributed by atoms with Crippen molar-refractivity contribution in [2.75, 3.05) is 6.26 Å². The van der Waals surface area contributed by atoms with Crippen molar-refractivity contribution in [2.45, 2.75) is 0 Å². The minimum Gasteiger partial charge on any atom is -0.505 e. The van der Waals surface area contributed by atoms with Crippen LogP contribution in [0.1, 0.15) is 10.5 Å². The first kappa shape index (κ1) is 10.7. The van der Waals surface area contributed by atoms with E-state index in [1.165, 1.54) is 6.07 Å². The molecule has 0 spiro atoms. The summed E-state index contributed by atoms with van der Waals surface area (Å²) in [6.07, 6.45) is 1.31. The maximum Gasteiger partial charge on any atom is 0.236 e. The average Bonchev–Trinajstić information content (AvgIpc) is 2.51. The van der Waals surface area contributed by atoms with E-state index in [2.05, 4.69) is 0 Å². The fourth-order valence-electron chi connectivity index (χ4n) is 1.68. The first-order valence-corrected chi connectivity index (χ1v) is 6.30. The molecule has 1 N–H and O–H groups in total. The van der Waals surface area contributed by atoms with E-state index in [0.29, 0.717) is 17.2 Å². The molecule has 1 heterocycles. The Kier molecular flexibility index (Phi) is 2.23. The van der Waals surface area contributed by atoms with Gasteiger partial charge in [0.15, 0.2) is 12.0 Å². The van der Waals surface area contributed by atoms with Crippen LogP contribution >= 0.6 is 0 Å². The van der Waals surface area contributed by atoms with Gasteiger partial charge in [0.1, 0.15) is 5.69 Å². The predicted molar refractivity (Wildman–Crippen MR) is 59.2 cm³/mol. The molecule has 0 saturated carbocycles. The standard InChI is InChI=1S/C10H9NO4S/c1-16(14,15)11-8-5-3-2-4-7(8)10(13)9(11)6-12/h2-6,13H,1H3. The Morgan fingerprint density at radius 2 is 1.94 bits per heavy atom. The molecule has 84 valence electrons. The second-order valence-electron chi connectivity index (χ2n) is 3.40. The van der Waals surface area contributed by atoms with Gasteiger partial charge in [0.2, 0.25) is 10.0 Å². The number of para-hydroxylation sites is 1. The second-order valence-corrected chi connectivity index (χ2v) is 5.23. The van der Waals surface area contributed by atoms with Gasteiger partial charge in [-0.3, -0.25) is 4.79 Å². The van der Waals surface area contributed by atoms with E-state index in [0.717, 1.165) is 10.2 Å². The van der Waals surface area contributed by atoms with Crippen LogP contribution in [0.2, 0.25) is 0 Å². The Labute approximate surface area is 92.0 Å². The van der Waals surface area contributed by atoms with Gasteiger partial charge in [0.05, 0.1) is 11.8 Å². The topological polar surface area (TPSA) is 76.4 Å². The summed E-state index contributed by atoms with van der Waals surface area (Å²) >= 11 is 0. The molecular weight excluding hydrogens is 230 g/mol. The molecule has 0 fully saturated rings. The van der Waals surface area contributed by atoms with Crippen LogP contribution in [0, 0.1) is 0 Å². The lowest BCUT2D eigenvalue weighted by atomic mass is 10.2. The van der Waals surface area contributed by atoms with Gasteiger partial charge >= 0.3 is 0 Å². The van der Waals surface area contributed by atoms with Gasteiger partial charge in [-0.1, -0.05) is 12.1 Å². The number of benzene rings is 1. The number of aromatic hydroxyl groups is 1. The number of nitrogens with zero attached hydrogens (tertiary/aromatic N) is 1. The highest BCUT2D eigenvalue weighted by Gasteiger charge is 2.21. The Balaban J connectivity index is 3.07. The van der Waals surface area contributed by atoms with E-state index in [1.54, 1.807) is 18.2 Å². The van der Waals surface area contributed by atoms with Crippen LogP contribution in [0.25, 0.3) is 10.9 Å². The molecule has 0 aliphatic carbocycles. The fourth-order valence-corrected chi connectivity index (χ4v) is 2.68. The number of carbonyl (C=O) groups excluding carboxylic acids is 1. The zero-order chi connectivity index (χ0) is 11.9. The van der Waals surface area contributed by atoms with Crippen molar-refractivity contribution in [1.29, 1.82) is 0 Å². The average molecular weight is 239 g/mol. The summed E-state index contributed by atoms with van der Waals surface area (Å²) in [6.45, 7) is 0. The van der Waals surface area contributed by atoms with Crippen molar-refractivity contribution in [2.24, 2.45) is 0 Å². The van der Waals surface area contributed by atoms with Gasteiger partial charge in [-0.15, -0.1) is 0 Å². The van der Waals surface area contributed by atoms with Crippen LogP contribution in [0.15, 0.2) is 24.3 Å². The zero-order valence-electron chi connectivity index (χ0n) is 8.41. The molecule has 0 radical (unpaired) electrons. The number of hydrogen-bond acceptors (Lipinski definition) is 4. The molecule has 2 aromatic rings. The molecule has 0 unspecified atom stereocenters. The van der Waals surface area contributed by atoms with Gasteiger partial charge in [0, 0.05) is 5.39 Å². The highest BCUT2D eigenvalue weighted by atomic mass is 32.2. The molecule has 1 aromatic carbocycles. The van der Waals surface area contributed by atoms with Crippen LogP contribution in [-0.4, -0.2) is 30.0 Å². The minimum absolute atomic E-state index is 0.247. The highest BCUT2D eigenvalue weighted by molar-refractivity contribution is 7.89. The van der Waals surface area contributed by atoms with Crippen LogP contribution in [0.5, 0.6) is 5.75 Å². The molecular formula is C10H9NO4S. The van der Waals surface area contributed by atoms with E-state index in [4.69, 9.17) is 0 Å². The first-order chi connectivity index (χ1) is 7.46. The molecule has 0 bridgehead atoms. The maximum atomic E-state index is 11.5. The van der Waals surface area contributed by atoms with E-state index in [-0.39, 0.29) is 11.4 Å². The molecule has 6 heteroatoms. The molecule has 5 nitrogen and oxygen atoms in total. The van der Waals surface area contributed by atoms with E-state index in [1.807, 2.05) is 0 Å². The number of aldehydes is 1. The smallest absolute Gasteiger partial charge is 0.236 e. The van der Waals surface area contributed by atoms with E-state index < -0.39 is 10.0 Å². The molecule has 16 heavy (non-hydrogen) atoms. The molecule has 0 amide bonds. The normalized spacial score (nSPS) is 11.8. The lowest BCUT2D eigenvalue weighted by Crippen LogP contribution is -2.12. The number of rotatable bonds is 2. The Morgan fingerprint density at radius 3 is 2.50 bits per heavy atom. The number of fused-ring (bicyclic) bond motifs is 1. The summed E-state index contributed by atoms with van der Waals surface area (Å²) in [7, 11) is -3.63. The number of carbonyl (C=O) groups is 1. The van der Waals surface area contributed by atoms with Crippen molar-refractivity contribution >= 4 is 27.2 Å². The number of aromatic nitrogens is 1. The Hall–Kier alpha value is -1.82. The summed E-state index contributed by atoms with van der Waals surface area (Å²) in [4.78, 5) is 10.8. The van der Waals surface area contributed by atoms with Crippen LogP contribution < -0.4 is 0 Å². The SMILES string of the molecule is CS(=O)(=O)n1c(C=O)c(O)c2ccccc21. The summed E-state index contributed by atoms with van der Waals surface area (Å²) in [6, 6.07) is 6.38. The van der Waals surface area contributed by atoms with E-state index >= 15 is 0 Å². The fraction of sp³-hybridized carbons (Fsp3) is 0.100. The van der Waals surface area contributed by atoms with Crippen molar-refractivity contribution in [1.82, 2.24) is 3.97 Å². The van der Waals surface area contributed by atoms with Crippen molar-refractivity contribution in [3.05, 3.63) is 30.0 Å². The summed E-state index contributed by atoms with van der Waals surface area (Å²) in [5, 5.41) is 10.1. The van der Waals surface area contributed by atoms with E-state index in [9.17, 15) is 18.3 Å². The van der Waals surface area contributed by atoms with Crippen molar-refractivity contribution < 1.29 is 18.3 Å². The molecule has 0 saturated heterocycles. The Morgan fingerprint density at radius 1 is 1.31 bits per heavy atom. The summed E-state index contributed by atoms with van der Waals surface area (Å²) < 4.78 is 23.9. The van der Waals surface area contributed by atoms with Gasteiger partial charge in [-0.25, -0.2) is 12.4 Å². The summed E-state index contributed by atoms with van der Waals surface area (Å²) in [5.41, 5.74) is 0.0494. The lowest BCUT2D eigenvalue weighted by Gasteiger charge is -2.02. The van der Waals surface area contributed by atoms with Crippen LogP contribution in [0.4, 0.5) is 0 Å². The van der Waals surface area contributed by atoms with Crippen LogP contribution in [-0.2, 0) is 10.0 Å². The Bertz CT molecular complexity index is 669. The van der Waals surface area contributed by atoms with Gasteiger partial charge in [-0.2, -0.15) is 0 Å². The molecule has 0 atom stereocenters. The largest absolute Gasteiger partial charge is 0.505 e. The third-order valence-electron chi connectivity index (χ3n) is 2.28. The molecule has 2 rings (SSSR count). The van der Waals surface area contributed by atoms with Gasteiger partial charge in [-0.05, 0) is 12.1 Å². The van der Waals surface area contributed by atoms with Crippen LogP contribution in [0.3, 0.4) is 0 Å². The van der Waals surface area contributed by atoms with Crippen molar-refractivity contribution in [3.8, 4) is 5.75 Å². The highest BCUT2D eigenvalue weighted by Crippen LogP contribution is 2.31. The van der Waals surface area contributed by atoms with Crippen molar-refractivity contribution in [3.63, 3.8) is 0 Å². The monoisotopic (exact) mass is 239 g/mol. The minimum atomic E-state index is -3.63. The molecule has 0 aliphatic heterocycles. The quantitative estimate of drug-likeness (QED) is 0.792. The first-order valence-electron chi connectivity index (χ1n) is 4.45. The van der Waals surface area contributed by atoms with Gasteiger partial charge in [0.25, 0.3) is 0 Å². The maximum absolute atomic E-state index is 11.5. The number of hydrogen-bond donors (Lipinski definition) is 1. The third kappa shape index (κ3) is 1.38. The summed E-state index contributed by atoms with van der Waals surface area (Å²) in [5.74, 6) is -0.309. The zero-order valence-corrected chi connectivity index (χ0v) is 9.23. The second kappa shape index (κ2) is 3.34.